The Morgan fingerprint density at radius 3 is 2.41 bits per heavy atom. The number of anilines is 1. The zero-order valence-electron chi connectivity index (χ0n) is 23.1. The van der Waals surface area contributed by atoms with E-state index in [-0.39, 0.29) is 23.2 Å². The van der Waals surface area contributed by atoms with Crippen molar-refractivity contribution in [1.82, 2.24) is 24.6 Å². The van der Waals surface area contributed by atoms with Gasteiger partial charge in [-0.2, -0.15) is 0 Å². The van der Waals surface area contributed by atoms with Crippen LogP contribution in [-0.2, 0) is 16.6 Å². The lowest BCUT2D eigenvalue weighted by atomic mass is 10.0. The van der Waals surface area contributed by atoms with Gasteiger partial charge in [0.1, 0.15) is 12.0 Å². The molecule has 1 fully saturated rings. The number of aromatic nitrogens is 4. The van der Waals surface area contributed by atoms with Crippen LogP contribution in [0.4, 0.5) is 5.69 Å². The molecule has 2 aromatic carbocycles. The molecule has 0 aliphatic heterocycles. The van der Waals surface area contributed by atoms with Gasteiger partial charge in [0.2, 0.25) is 5.91 Å². The zero-order chi connectivity index (χ0) is 29.1. The van der Waals surface area contributed by atoms with Crippen molar-refractivity contribution in [1.29, 1.82) is 0 Å². The standard InChI is InChI=1S/C31H31ClN6O3/c1-19(2)38-17-23(9-13-29(38)40)22-8-12-26(32)24(15-22)16-27(35-28(39)14-20-4-5-20)31(41)34-25-10-6-21(7-11-25)30-36-33-18-37(30)3/h6-13,15-20H,4-5,14H2,1-3H3,(H,34,41)(H,35,39). The average molecular weight is 571 g/mol. The molecule has 0 spiro atoms. The van der Waals surface area contributed by atoms with E-state index in [1.807, 2.05) is 45.2 Å². The number of carbonyl (C=O) groups excluding carboxylic acids is 2. The fourth-order valence-electron chi connectivity index (χ4n) is 4.46. The van der Waals surface area contributed by atoms with Crippen LogP contribution in [0.25, 0.3) is 28.6 Å². The van der Waals surface area contributed by atoms with E-state index in [0.29, 0.717) is 34.4 Å². The third-order valence-corrected chi connectivity index (χ3v) is 7.27. The van der Waals surface area contributed by atoms with Crippen molar-refractivity contribution >= 4 is 35.2 Å². The topological polar surface area (TPSA) is 111 Å². The zero-order valence-corrected chi connectivity index (χ0v) is 23.9. The molecule has 0 saturated heterocycles. The van der Waals surface area contributed by atoms with Crippen LogP contribution in [0.2, 0.25) is 5.02 Å². The number of halogens is 1. The summed E-state index contributed by atoms with van der Waals surface area (Å²) in [6, 6.07) is 15.9. The second-order valence-electron chi connectivity index (χ2n) is 10.5. The number of rotatable bonds is 9. The summed E-state index contributed by atoms with van der Waals surface area (Å²) in [5, 5.41) is 14.1. The molecule has 10 heteroatoms. The molecule has 2 N–H and O–H groups in total. The van der Waals surface area contributed by atoms with Gasteiger partial charge in [-0.25, -0.2) is 0 Å². The number of pyridine rings is 1. The minimum absolute atomic E-state index is 0.000514. The highest BCUT2D eigenvalue weighted by atomic mass is 35.5. The van der Waals surface area contributed by atoms with Crippen LogP contribution in [0.1, 0.15) is 44.7 Å². The molecule has 210 valence electrons. The largest absolute Gasteiger partial charge is 0.321 e. The van der Waals surface area contributed by atoms with Gasteiger partial charge in [-0.1, -0.05) is 17.7 Å². The van der Waals surface area contributed by atoms with Gasteiger partial charge >= 0.3 is 0 Å². The molecular weight excluding hydrogens is 540 g/mol. The highest BCUT2D eigenvalue weighted by molar-refractivity contribution is 6.32. The maximum absolute atomic E-state index is 13.4. The molecule has 0 radical (unpaired) electrons. The van der Waals surface area contributed by atoms with E-state index in [4.69, 9.17) is 11.6 Å². The highest BCUT2D eigenvalue weighted by Gasteiger charge is 2.25. The van der Waals surface area contributed by atoms with Crippen molar-refractivity contribution in [2.45, 2.75) is 39.2 Å². The van der Waals surface area contributed by atoms with Gasteiger partial charge in [-0.05, 0) is 97.8 Å². The van der Waals surface area contributed by atoms with Gasteiger partial charge in [0.25, 0.3) is 11.5 Å². The lowest BCUT2D eigenvalue weighted by molar-refractivity contribution is -0.122. The number of hydrogen-bond acceptors (Lipinski definition) is 5. The van der Waals surface area contributed by atoms with Gasteiger partial charge in [0, 0.05) is 48.0 Å². The summed E-state index contributed by atoms with van der Waals surface area (Å²) in [6.07, 6.45) is 7.40. The van der Waals surface area contributed by atoms with Crippen molar-refractivity contribution in [3.8, 4) is 22.5 Å². The van der Waals surface area contributed by atoms with Crippen molar-refractivity contribution in [2.24, 2.45) is 13.0 Å². The molecule has 41 heavy (non-hydrogen) atoms. The van der Waals surface area contributed by atoms with Gasteiger partial charge in [-0.3, -0.25) is 14.4 Å². The fourth-order valence-corrected chi connectivity index (χ4v) is 4.63. The minimum atomic E-state index is -0.476. The van der Waals surface area contributed by atoms with Gasteiger partial charge < -0.3 is 19.8 Å². The van der Waals surface area contributed by atoms with Crippen molar-refractivity contribution in [3.63, 3.8) is 0 Å². The van der Waals surface area contributed by atoms with E-state index in [1.165, 1.54) is 6.07 Å². The normalized spacial score (nSPS) is 13.3. The average Bonchev–Trinajstić information content (AvgIpc) is 3.66. The summed E-state index contributed by atoms with van der Waals surface area (Å²) in [4.78, 5) is 38.4. The maximum atomic E-state index is 13.4. The highest BCUT2D eigenvalue weighted by Crippen LogP contribution is 2.32. The Kier molecular flexibility index (Phi) is 8.16. The van der Waals surface area contributed by atoms with Crippen molar-refractivity contribution in [2.75, 3.05) is 5.32 Å². The van der Waals surface area contributed by atoms with Crippen LogP contribution in [0.5, 0.6) is 0 Å². The molecule has 9 nitrogen and oxygen atoms in total. The van der Waals surface area contributed by atoms with E-state index in [9.17, 15) is 14.4 Å². The fraction of sp³-hybridized carbons (Fsp3) is 0.258. The van der Waals surface area contributed by atoms with Crippen LogP contribution in [0, 0.1) is 5.92 Å². The van der Waals surface area contributed by atoms with Gasteiger partial charge in [-0.15, -0.1) is 10.2 Å². The quantitative estimate of drug-likeness (QED) is 0.260. The molecular formula is C31H31ClN6O3. The number of aryl methyl sites for hydroxylation is 1. The maximum Gasteiger partial charge on any atom is 0.272 e. The molecule has 2 heterocycles. The number of hydrogen-bond donors (Lipinski definition) is 2. The summed E-state index contributed by atoms with van der Waals surface area (Å²) in [5.74, 6) is 0.364. The Labute approximate surface area is 242 Å². The number of carbonyl (C=O) groups is 2. The monoisotopic (exact) mass is 570 g/mol. The second-order valence-corrected chi connectivity index (χ2v) is 11.0. The van der Waals surface area contributed by atoms with E-state index < -0.39 is 5.91 Å². The lowest BCUT2D eigenvalue weighted by Gasteiger charge is -2.14. The molecule has 0 bridgehead atoms. The Balaban J connectivity index is 1.44. The number of nitrogens with one attached hydrogen (secondary N) is 2. The van der Waals surface area contributed by atoms with Gasteiger partial charge in [0.15, 0.2) is 5.82 Å². The first kappa shape index (κ1) is 28.0. The van der Waals surface area contributed by atoms with Crippen LogP contribution in [-0.4, -0.2) is 31.1 Å². The molecule has 5 rings (SSSR count). The van der Waals surface area contributed by atoms with E-state index in [1.54, 1.807) is 52.0 Å². The molecule has 1 aliphatic carbocycles. The summed E-state index contributed by atoms with van der Waals surface area (Å²) in [5.41, 5.74) is 3.61. The number of amides is 2. The first-order valence-electron chi connectivity index (χ1n) is 13.5. The first-order valence-corrected chi connectivity index (χ1v) is 13.8. The number of nitrogens with zero attached hydrogens (tertiary/aromatic N) is 4. The Hall–Kier alpha value is -4.50. The third kappa shape index (κ3) is 6.81. The van der Waals surface area contributed by atoms with Crippen LogP contribution in [0.15, 0.2) is 77.6 Å². The molecule has 2 aromatic heterocycles. The summed E-state index contributed by atoms with van der Waals surface area (Å²) in [6.45, 7) is 3.89. The van der Waals surface area contributed by atoms with Crippen LogP contribution in [0.3, 0.4) is 0 Å². The Bertz CT molecular complexity index is 1680. The summed E-state index contributed by atoms with van der Waals surface area (Å²) >= 11 is 6.55. The number of benzene rings is 2. The second kappa shape index (κ2) is 11.9. The van der Waals surface area contributed by atoms with Gasteiger partial charge in [0.05, 0.1) is 0 Å². The third-order valence-electron chi connectivity index (χ3n) is 6.93. The SMILES string of the molecule is CC(C)n1cc(-c2ccc(Cl)c(C=C(NC(=O)CC3CC3)C(=O)Nc3ccc(-c4nncn4C)cc3)c2)ccc1=O. The van der Waals surface area contributed by atoms with Crippen molar-refractivity contribution in [3.05, 3.63) is 93.8 Å². The predicted molar refractivity (Wildman–Crippen MR) is 160 cm³/mol. The molecule has 0 atom stereocenters. The first-order chi connectivity index (χ1) is 19.7. The molecule has 4 aromatic rings. The Morgan fingerprint density at radius 2 is 1.76 bits per heavy atom. The van der Waals surface area contributed by atoms with Crippen LogP contribution >= 0.6 is 11.6 Å². The molecule has 1 aliphatic rings. The van der Waals surface area contributed by atoms with Crippen molar-refractivity contribution < 1.29 is 9.59 Å². The minimum Gasteiger partial charge on any atom is -0.321 e. The molecule has 0 unspecified atom stereocenters. The summed E-state index contributed by atoms with van der Waals surface area (Å²) in [7, 11) is 1.85. The van der Waals surface area contributed by atoms with E-state index >= 15 is 0 Å². The predicted octanol–water partition coefficient (Wildman–Crippen LogP) is 5.44. The van der Waals surface area contributed by atoms with E-state index in [0.717, 1.165) is 29.5 Å². The smallest absolute Gasteiger partial charge is 0.272 e. The molecule has 1 saturated carbocycles. The summed E-state index contributed by atoms with van der Waals surface area (Å²) < 4.78 is 3.46. The Morgan fingerprint density at radius 1 is 1.05 bits per heavy atom. The molecule has 2 amide bonds. The lowest BCUT2D eigenvalue weighted by Crippen LogP contribution is -2.30. The van der Waals surface area contributed by atoms with Crippen LogP contribution < -0.4 is 16.2 Å². The van der Waals surface area contributed by atoms with E-state index in [2.05, 4.69) is 20.8 Å².